The molecular formula is C18H30N2O. The molecule has 1 atom stereocenters. The maximum absolute atomic E-state index is 6.07. The number of nitrogens with zero attached hydrogens (tertiary/aromatic N) is 1. The van der Waals surface area contributed by atoms with Crippen molar-refractivity contribution in [3.05, 3.63) is 29.8 Å². The largest absolute Gasteiger partial charge is 0.497 e. The molecule has 0 radical (unpaired) electrons. The predicted molar refractivity (Wildman–Crippen MR) is 88.6 cm³/mol. The molecule has 3 heteroatoms. The van der Waals surface area contributed by atoms with Crippen molar-refractivity contribution in [3.8, 4) is 5.75 Å². The Labute approximate surface area is 129 Å². The molecule has 2 N–H and O–H groups in total. The van der Waals surface area contributed by atoms with Gasteiger partial charge in [0.05, 0.1) is 7.11 Å². The molecule has 0 aromatic heterocycles. The van der Waals surface area contributed by atoms with Gasteiger partial charge in [0, 0.05) is 12.6 Å². The average Bonchev–Trinajstić information content (AvgIpc) is 2.57. The van der Waals surface area contributed by atoms with Gasteiger partial charge >= 0.3 is 0 Å². The van der Waals surface area contributed by atoms with Gasteiger partial charge in [-0.15, -0.1) is 0 Å². The van der Waals surface area contributed by atoms with Crippen molar-refractivity contribution >= 4 is 0 Å². The van der Waals surface area contributed by atoms with Gasteiger partial charge in [-0.05, 0) is 49.0 Å². The number of likely N-dealkylation sites (tertiary alicyclic amines) is 1. The molecule has 0 saturated carbocycles. The molecule has 118 valence electrons. The van der Waals surface area contributed by atoms with Crippen LogP contribution in [-0.4, -0.2) is 31.6 Å². The molecule has 1 fully saturated rings. The summed E-state index contributed by atoms with van der Waals surface area (Å²) in [7, 11) is 1.70. The molecule has 1 aliphatic heterocycles. The number of hydrogen-bond acceptors (Lipinski definition) is 3. The van der Waals surface area contributed by atoms with E-state index in [4.69, 9.17) is 10.5 Å². The Morgan fingerprint density at radius 3 is 2.14 bits per heavy atom. The van der Waals surface area contributed by atoms with Crippen LogP contribution in [0.1, 0.15) is 51.1 Å². The highest BCUT2D eigenvalue weighted by Gasteiger charge is 2.33. The third-order valence-corrected chi connectivity index (χ3v) is 5.52. The van der Waals surface area contributed by atoms with E-state index in [9.17, 15) is 0 Å². The van der Waals surface area contributed by atoms with Gasteiger partial charge in [0.1, 0.15) is 5.75 Å². The summed E-state index contributed by atoms with van der Waals surface area (Å²) >= 11 is 0. The van der Waals surface area contributed by atoms with Gasteiger partial charge < -0.3 is 10.5 Å². The molecule has 1 aliphatic rings. The fourth-order valence-electron chi connectivity index (χ4n) is 3.59. The van der Waals surface area contributed by atoms with Gasteiger partial charge in [0.15, 0.2) is 0 Å². The van der Waals surface area contributed by atoms with E-state index in [1.54, 1.807) is 7.11 Å². The van der Waals surface area contributed by atoms with E-state index in [0.29, 0.717) is 18.0 Å². The Kier molecular flexibility index (Phi) is 5.65. The second kappa shape index (κ2) is 7.28. The minimum atomic E-state index is 0.336. The van der Waals surface area contributed by atoms with Crippen molar-refractivity contribution in [2.75, 3.05) is 26.7 Å². The van der Waals surface area contributed by atoms with Crippen LogP contribution in [0, 0.1) is 5.41 Å². The van der Waals surface area contributed by atoms with Crippen LogP contribution >= 0.6 is 0 Å². The molecule has 1 aromatic carbocycles. The van der Waals surface area contributed by atoms with Crippen LogP contribution < -0.4 is 10.5 Å². The molecular weight excluding hydrogens is 260 g/mol. The zero-order chi connectivity index (χ0) is 15.3. The van der Waals surface area contributed by atoms with Crippen molar-refractivity contribution in [2.24, 2.45) is 11.1 Å². The summed E-state index contributed by atoms with van der Waals surface area (Å²) in [6.45, 7) is 7.68. The highest BCUT2D eigenvalue weighted by atomic mass is 16.5. The summed E-state index contributed by atoms with van der Waals surface area (Å²) < 4.78 is 5.24. The first-order chi connectivity index (χ1) is 10.2. The van der Waals surface area contributed by atoms with Gasteiger partial charge in [-0.1, -0.05) is 38.8 Å². The van der Waals surface area contributed by atoms with Gasteiger partial charge in [0.2, 0.25) is 0 Å². The second-order valence-corrected chi connectivity index (χ2v) is 6.27. The number of nitrogens with two attached hydrogens (primary N) is 1. The quantitative estimate of drug-likeness (QED) is 0.870. The van der Waals surface area contributed by atoms with E-state index in [1.165, 1.54) is 31.2 Å². The molecule has 0 bridgehead atoms. The highest BCUT2D eigenvalue weighted by molar-refractivity contribution is 5.29. The summed E-state index contributed by atoms with van der Waals surface area (Å²) in [4.78, 5) is 2.56. The van der Waals surface area contributed by atoms with Crippen LogP contribution in [-0.2, 0) is 0 Å². The molecule has 21 heavy (non-hydrogen) atoms. The van der Waals surface area contributed by atoms with Crippen molar-refractivity contribution in [3.63, 3.8) is 0 Å². The van der Waals surface area contributed by atoms with E-state index in [0.717, 1.165) is 18.8 Å². The summed E-state index contributed by atoms with van der Waals surface area (Å²) in [5.74, 6) is 0.907. The number of rotatable bonds is 6. The zero-order valence-corrected chi connectivity index (χ0v) is 13.8. The van der Waals surface area contributed by atoms with E-state index in [-0.39, 0.29) is 0 Å². The standard InChI is InChI=1S/C18H30N2O/c1-4-18(5-2)10-12-20(13-11-18)17(14-19)15-6-8-16(21-3)9-7-15/h6-9,17H,4-5,10-14,19H2,1-3H3. The molecule has 1 aromatic rings. The lowest BCUT2D eigenvalue weighted by Gasteiger charge is -2.44. The third kappa shape index (κ3) is 3.58. The van der Waals surface area contributed by atoms with E-state index < -0.39 is 0 Å². The number of benzene rings is 1. The maximum atomic E-state index is 6.07. The SMILES string of the molecule is CCC1(CC)CCN(C(CN)c2ccc(OC)cc2)CC1. The summed E-state index contributed by atoms with van der Waals surface area (Å²) in [6.07, 6.45) is 5.19. The first-order valence-corrected chi connectivity index (χ1v) is 8.26. The Morgan fingerprint density at radius 1 is 1.14 bits per heavy atom. The van der Waals surface area contributed by atoms with Gasteiger partial charge in [-0.2, -0.15) is 0 Å². The van der Waals surface area contributed by atoms with Crippen LogP contribution in [0.5, 0.6) is 5.75 Å². The van der Waals surface area contributed by atoms with Crippen LogP contribution in [0.25, 0.3) is 0 Å². The predicted octanol–water partition coefficient (Wildman–Crippen LogP) is 3.60. The average molecular weight is 290 g/mol. The lowest BCUT2D eigenvalue weighted by atomic mass is 9.74. The number of ether oxygens (including phenoxy) is 1. The first kappa shape index (κ1) is 16.3. The Balaban J connectivity index is 2.05. The molecule has 0 spiro atoms. The fourth-order valence-corrected chi connectivity index (χ4v) is 3.59. The lowest BCUT2D eigenvalue weighted by Crippen LogP contribution is -2.43. The third-order valence-electron chi connectivity index (χ3n) is 5.52. The van der Waals surface area contributed by atoms with Crippen molar-refractivity contribution in [2.45, 2.75) is 45.6 Å². The Bertz CT molecular complexity index is 415. The molecule has 1 saturated heterocycles. The molecule has 1 heterocycles. The fraction of sp³-hybridized carbons (Fsp3) is 0.667. The number of methoxy groups -OCH3 is 1. The summed E-state index contributed by atoms with van der Waals surface area (Å²) in [5, 5.41) is 0. The van der Waals surface area contributed by atoms with Gasteiger partial charge in [-0.25, -0.2) is 0 Å². The first-order valence-electron chi connectivity index (χ1n) is 8.26. The van der Waals surface area contributed by atoms with Crippen molar-refractivity contribution in [1.82, 2.24) is 4.90 Å². The number of hydrogen-bond donors (Lipinski definition) is 1. The Hall–Kier alpha value is -1.06. The minimum Gasteiger partial charge on any atom is -0.497 e. The zero-order valence-electron chi connectivity index (χ0n) is 13.8. The van der Waals surface area contributed by atoms with E-state index in [2.05, 4.69) is 30.9 Å². The van der Waals surface area contributed by atoms with Crippen LogP contribution in [0.3, 0.4) is 0 Å². The van der Waals surface area contributed by atoms with Crippen LogP contribution in [0.15, 0.2) is 24.3 Å². The lowest BCUT2D eigenvalue weighted by molar-refractivity contribution is 0.0679. The van der Waals surface area contributed by atoms with Gasteiger partial charge in [0.25, 0.3) is 0 Å². The second-order valence-electron chi connectivity index (χ2n) is 6.27. The van der Waals surface area contributed by atoms with Crippen LogP contribution in [0.4, 0.5) is 0 Å². The molecule has 3 nitrogen and oxygen atoms in total. The van der Waals surface area contributed by atoms with E-state index >= 15 is 0 Å². The smallest absolute Gasteiger partial charge is 0.118 e. The number of piperidine rings is 1. The molecule has 0 amide bonds. The van der Waals surface area contributed by atoms with Gasteiger partial charge in [-0.3, -0.25) is 4.90 Å². The molecule has 1 unspecified atom stereocenters. The molecule has 2 rings (SSSR count). The van der Waals surface area contributed by atoms with E-state index in [1.807, 2.05) is 12.1 Å². The normalized spacial score (nSPS) is 20.2. The summed E-state index contributed by atoms with van der Waals surface area (Å²) in [6, 6.07) is 8.70. The summed E-state index contributed by atoms with van der Waals surface area (Å²) in [5.41, 5.74) is 7.94. The van der Waals surface area contributed by atoms with Crippen molar-refractivity contribution < 1.29 is 4.74 Å². The monoisotopic (exact) mass is 290 g/mol. The topological polar surface area (TPSA) is 38.5 Å². The minimum absolute atomic E-state index is 0.336. The van der Waals surface area contributed by atoms with Crippen LogP contribution in [0.2, 0.25) is 0 Å². The highest BCUT2D eigenvalue weighted by Crippen LogP contribution is 2.39. The maximum Gasteiger partial charge on any atom is 0.118 e. The molecule has 0 aliphatic carbocycles. The van der Waals surface area contributed by atoms with Crippen molar-refractivity contribution in [1.29, 1.82) is 0 Å². The Morgan fingerprint density at radius 2 is 1.71 bits per heavy atom.